The van der Waals surface area contributed by atoms with E-state index < -0.39 is 0 Å². The zero-order valence-electron chi connectivity index (χ0n) is 14.3. The summed E-state index contributed by atoms with van der Waals surface area (Å²) in [5.74, 6) is 0. The average molecular weight is 284 g/mol. The van der Waals surface area contributed by atoms with Crippen LogP contribution in [0, 0.1) is 0 Å². The Bertz CT molecular complexity index is 243. The summed E-state index contributed by atoms with van der Waals surface area (Å²) in [5.41, 5.74) is 0. The third-order valence-electron chi connectivity index (χ3n) is 4.17. The number of rotatable bonds is 10. The Labute approximate surface area is 126 Å². The molecule has 1 aliphatic heterocycles. The lowest BCUT2D eigenvalue weighted by molar-refractivity contribution is 0.0163. The Morgan fingerprint density at radius 2 is 1.80 bits per heavy atom. The number of ether oxygens (including phenoxy) is 1. The Morgan fingerprint density at radius 3 is 2.40 bits per heavy atom. The van der Waals surface area contributed by atoms with E-state index in [1.807, 2.05) is 0 Å². The van der Waals surface area contributed by atoms with Gasteiger partial charge in [-0.3, -0.25) is 4.90 Å². The molecule has 0 aliphatic carbocycles. The number of nitrogens with zero attached hydrogens (tertiary/aromatic N) is 1. The molecule has 1 aliphatic rings. The topological polar surface area (TPSA) is 24.5 Å². The average Bonchev–Trinajstić information content (AvgIpc) is 2.83. The molecule has 0 radical (unpaired) electrons. The molecule has 2 unspecified atom stereocenters. The van der Waals surface area contributed by atoms with Crippen LogP contribution in [0.4, 0.5) is 0 Å². The van der Waals surface area contributed by atoms with E-state index in [2.05, 4.69) is 44.8 Å². The molecule has 0 amide bonds. The molecule has 0 saturated carbocycles. The van der Waals surface area contributed by atoms with Crippen molar-refractivity contribution in [2.24, 2.45) is 0 Å². The third kappa shape index (κ3) is 7.05. The molecule has 120 valence electrons. The molecule has 1 N–H and O–H groups in total. The zero-order chi connectivity index (χ0) is 15.0. The van der Waals surface area contributed by atoms with E-state index in [0.29, 0.717) is 24.3 Å². The van der Waals surface area contributed by atoms with E-state index in [0.717, 1.165) is 13.1 Å². The molecule has 1 rings (SSSR count). The highest BCUT2D eigenvalue weighted by atomic mass is 16.5. The Balaban J connectivity index is 2.27. The first-order chi connectivity index (χ1) is 9.52. The quantitative estimate of drug-likeness (QED) is 0.622. The minimum Gasteiger partial charge on any atom is -0.372 e. The fourth-order valence-electron chi connectivity index (χ4n) is 2.82. The van der Waals surface area contributed by atoms with Crippen LogP contribution in [0.3, 0.4) is 0 Å². The number of hydrogen-bond donors (Lipinski definition) is 1. The number of nitrogens with one attached hydrogen (secondary N) is 1. The van der Waals surface area contributed by atoms with Crippen LogP contribution in [0.1, 0.15) is 66.7 Å². The standard InChI is InChI=1S/C17H36N2O/c1-6-7-8-11-19(15(4)5)13-17-10-9-16(20-17)12-18-14(2)3/h14-18H,6-13H2,1-5H3. The molecule has 1 fully saturated rings. The summed E-state index contributed by atoms with van der Waals surface area (Å²) >= 11 is 0. The van der Waals surface area contributed by atoms with Gasteiger partial charge in [-0.25, -0.2) is 0 Å². The van der Waals surface area contributed by atoms with Gasteiger partial charge in [-0.05, 0) is 39.7 Å². The van der Waals surface area contributed by atoms with Crippen molar-refractivity contribution in [3.8, 4) is 0 Å². The van der Waals surface area contributed by atoms with Crippen molar-refractivity contribution in [2.75, 3.05) is 19.6 Å². The van der Waals surface area contributed by atoms with Crippen molar-refractivity contribution in [1.82, 2.24) is 10.2 Å². The molecule has 3 nitrogen and oxygen atoms in total. The smallest absolute Gasteiger partial charge is 0.0707 e. The van der Waals surface area contributed by atoms with E-state index >= 15 is 0 Å². The van der Waals surface area contributed by atoms with Crippen LogP contribution in [-0.2, 0) is 4.74 Å². The SMILES string of the molecule is CCCCCN(CC1CCC(CNC(C)C)O1)C(C)C. The molecule has 0 spiro atoms. The predicted octanol–water partition coefficient (Wildman–Crippen LogP) is 3.43. The summed E-state index contributed by atoms with van der Waals surface area (Å²) in [6.07, 6.45) is 7.27. The van der Waals surface area contributed by atoms with Crippen LogP contribution in [0.5, 0.6) is 0 Å². The van der Waals surface area contributed by atoms with Gasteiger partial charge in [0.15, 0.2) is 0 Å². The van der Waals surface area contributed by atoms with E-state index in [-0.39, 0.29) is 0 Å². The monoisotopic (exact) mass is 284 g/mol. The molecule has 1 saturated heterocycles. The molecule has 0 bridgehead atoms. The molecular formula is C17H36N2O. The van der Waals surface area contributed by atoms with Gasteiger partial charge >= 0.3 is 0 Å². The van der Waals surface area contributed by atoms with Gasteiger partial charge in [0, 0.05) is 25.2 Å². The molecule has 0 aromatic heterocycles. The van der Waals surface area contributed by atoms with Crippen LogP contribution in [0.25, 0.3) is 0 Å². The van der Waals surface area contributed by atoms with Crippen molar-refractivity contribution in [1.29, 1.82) is 0 Å². The van der Waals surface area contributed by atoms with Crippen LogP contribution in [0.15, 0.2) is 0 Å². The Hall–Kier alpha value is -0.120. The first kappa shape index (κ1) is 17.9. The molecule has 20 heavy (non-hydrogen) atoms. The van der Waals surface area contributed by atoms with Crippen LogP contribution in [0.2, 0.25) is 0 Å². The second-order valence-electron chi connectivity index (χ2n) is 6.82. The van der Waals surface area contributed by atoms with Crippen molar-refractivity contribution in [3.05, 3.63) is 0 Å². The summed E-state index contributed by atoms with van der Waals surface area (Å²) in [4.78, 5) is 2.60. The van der Waals surface area contributed by atoms with Gasteiger partial charge in [-0.15, -0.1) is 0 Å². The normalized spacial score (nSPS) is 23.4. The Morgan fingerprint density at radius 1 is 1.10 bits per heavy atom. The van der Waals surface area contributed by atoms with Crippen molar-refractivity contribution in [2.45, 2.75) is 91.0 Å². The third-order valence-corrected chi connectivity index (χ3v) is 4.17. The molecule has 3 heteroatoms. The highest BCUT2D eigenvalue weighted by molar-refractivity contribution is 4.79. The largest absolute Gasteiger partial charge is 0.372 e. The lowest BCUT2D eigenvalue weighted by atomic mass is 10.1. The van der Waals surface area contributed by atoms with E-state index in [9.17, 15) is 0 Å². The van der Waals surface area contributed by atoms with Gasteiger partial charge in [0.1, 0.15) is 0 Å². The minimum atomic E-state index is 0.423. The summed E-state index contributed by atoms with van der Waals surface area (Å²) in [6, 6.07) is 1.18. The van der Waals surface area contributed by atoms with E-state index in [4.69, 9.17) is 4.74 Å². The van der Waals surface area contributed by atoms with Gasteiger partial charge in [0.05, 0.1) is 12.2 Å². The fraction of sp³-hybridized carbons (Fsp3) is 1.00. The summed E-state index contributed by atoms with van der Waals surface area (Å²) in [5, 5.41) is 3.49. The fourth-order valence-corrected chi connectivity index (χ4v) is 2.82. The molecule has 0 aromatic carbocycles. The van der Waals surface area contributed by atoms with Gasteiger partial charge in [-0.2, -0.15) is 0 Å². The highest BCUT2D eigenvalue weighted by Gasteiger charge is 2.27. The van der Waals surface area contributed by atoms with Crippen LogP contribution in [-0.4, -0.2) is 48.8 Å². The summed E-state index contributed by atoms with van der Waals surface area (Å²) in [7, 11) is 0. The molecular weight excluding hydrogens is 248 g/mol. The summed E-state index contributed by atoms with van der Waals surface area (Å²) in [6.45, 7) is 14.6. The van der Waals surface area contributed by atoms with Gasteiger partial charge in [0.25, 0.3) is 0 Å². The maximum Gasteiger partial charge on any atom is 0.0707 e. The van der Waals surface area contributed by atoms with Gasteiger partial charge in [0.2, 0.25) is 0 Å². The second kappa shape index (κ2) is 9.75. The van der Waals surface area contributed by atoms with Gasteiger partial charge in [-0.1, -0.05) is 33.6 Å². The number of unbranched alkanes of at least 4 members (excludes halogenated alkanes) is 2. The maximum atomic E-state index is 6.19. The lowest BCUT2D eigenvalue weighted by Gasteiger charge is -2.29. The Kier molecular flexibility index (Phi) is 8.74. The zero-order valence-corrected chi connectivity index (χ0v) is 14.3. The van der Waals surface area contributed by atoms with E-state index in [1.54, 1.807) is 0 Å². The van der Waals surface area contributed by atoms with Crippen molar-refractivity contribution in [3.63, 3.8) is 0 Å². The first-order valence-corrected chi connectivity index (χ1v) is 8.65. The molecule has 1 heterocycles. The lowest BCUT2D eigenvalue weighted by Crippen LogP contribution is -2.39. The maximum absolute atomic E-state index is 6.19. The van der Waals surface area contributed by atoms with Crippen LogP contribution >= 0.6 is 0 Å². The van der Waals surface area contributed by atoms with Crippen molar-refractivity contribution >= 4 is 0 Å². The second-order valence-corrected chi connectivity index (χ2v) is 6.82. The van der Waals surface area contributed by atoms with Gasteiger partial charge < -0.3 is 10.1 Å². The highest BCUT2D eigenvalue weighted by Crippen LogP contribution is 2.21. The van der Waals surface area contributed by atoms with Crippen LogP contribution < -0.4 is 5.32 Å². The first-order valence-electron chi connectivity index (χ1n) is 8.65. The molecule has 2 atom stereocenters. The number of hydrogen-bond acceptors (Lipinski definition) is 3. The van der Waals surface area contributed by atoms with E-state index in [1.165, 1.54) is 38.6 Å². The predicted molar refractivity (Wildman–Crippen MR) is 87.3 cm³/mol. The molecule has 0 aromatic rings. The summed E-state index contributed by atoms with van der Waals surface area (Å²) < 4.78 is 6.19. The minimum absolute atomic E-state index is 0.423. The van der Waals surface area contributed by atoms with Crippen molar-refractivity contribution < 1.29 is 4.74 Å².